The molecule has 0 amide bonds. The van der Waals surface area contributed by atoms with Gasteiger partial charge in [0.1, 0.15) is 0 Å². The molecule has 0 aromatic carbocycles. The zero-order valence-corrected chi connectivity index (χ0v) is 9.53. The van der Waals surface area contributed by atoms with Gasteiger partial charge in [0, 0.05) is 18.1 Å². The van der Waals surface area contributed by atoms with Gasteiger partial charge in [-0.05, 0) is 26.7 Å². The quantitative estimate of drug-likeness (QED) is 0.768. The molecular weight excluding hydrogens is 186 g/mol. The highest BCUT2D eigenvalue weighted by Gasteiger charge is 2.37. The second-order valence-corrected chi connectivity index (χ2v) is 4.00. The van der Waals surface area contributed by atoms with Gasteiger partial charge in [0.15, 0.2) is 0 Å². The summed E-state index contributed by atoms with van der Waals surface area (Å²) >= 11 is 0. The van der Waals surface area contributed by atoms with Crippen molar-refractivity contribution in [2.45, 2.75) is 45.6 Å². The van der Waals surface area contributed by atoms with Crippen LogP contribution in [0.5, 0.6) is 0 Å². The van der Waals surface area contributed by atoms with Crippen LogP contribution in [-0.2, 0) is 4.74 Å². The van der Waals surface area contributed by atoms with Crippen LogP contribution >= 0.6 is 12.4 Å². The minimum Gasteiger partial charge on any atom is -0.381 e. The molecule has 80 valence electrons. The van der Waals surface area contributed by atoms with Crippen molar-refractivity contribution in [1.29, 1.82) is 0 Å². The lowest BCUT2D eigenvalue weighted by molar-refractivity contribution is 0.0410. The Morgan fingerprint density at radius 3 is 2.31 bits per heavy atom. The average molecular weight is 208 g/mol. The lowest BCUT2D eigenvalue weighted by Crippen LogP contribution is -2.41. The Morgan fingerprint density at radius 1 is 1.38 bits per heavy atom. The highest BCUT2D eigenvalue weighted by atomic mass is 35.5. The van der Waals surface area contributed by atoms with Crippen molar-refractivity contribution in [2.75, 3.05) is 13.2 Å². The van der Waals surface area contributed by atoms with Gasteiger partial charge >= 0.3 is 0 Å². The van der Waals surface area contributed by atoms with E-state index >= 15 is 0 Å². The molecule has 3 heteroatoms. The first-order valence-electron chi connectivity index (χ1n) is 5.04. The molecule has 0 saturated heterocycles. The number of ether oxygens (including phenoxy) is 1. The van der Waals surface area contributed by atoms with Crippen LogP contribution in [0.25, 0.3) is 0 Å². The van der Waals surface area contributed by atoms with E-state index in [1.807, 2.05) is 6.92 Å². The van der Waals surface area contributed by atoms with E-state index in [1.54, 1.807) is 0 Å². The molecule has 1 unspecified atom stereocenters. The summed E-state index contributed by atoms with van der Waals surface area (Å²) in [5.41, 5.74) is 6.30. The Bertz CT molecular complexity index is 133. The summed E-state index contributed by atoms with van der Waals surface area (Å²) in [5.74, 6) is 0. The van der Waals surface area contributed by atoms with E-state index < -0.39 is 0 Å². The molecule has 0 radical (unpaired) electrons. The first kappa shape index (κ1) is 13.2. The number of nitrogens with two attached hydrogens (primary N) is 1. The second-order valence-electron chi connectivity index (χ2n) is 4.00. The molecule has 0 heterocycles. The molecule has 0 bridgehead atoms. The van der Waals surface area contributed by atoms with Gasteiger partial charge in [-0.2, -0.15) is 0 Å². The van der Waals surface area contributed by atoms with Gasteiger partial charge in [-0.15, -0.1) is 12.4 Å². The molecule has 0 aliphatic heterocycles. The Balaban J connectivity index is 0.00000144. The van der Waals surface area contributed by atoms with Crippen LogP contribution in [0.3, 0.4) is 0 Å². The van der Waals surface area contributed by atoms with Crippen molar-refractivity contribution >= 4 is 12.4 Å². The number of hydrogen-bond acceptors (Lipinski definition) is 2. The van der Waals surface area contributed by atoms with Gasteiger partial charge in [-0.1, -0.05) is 12.8 Å². The molecular formula is C10H22ClNO. The Labute approximate surface area is 87.6 Å². The van der Waals surface area contributed by atoms with Gasteiger partial charge in [-0.3, -0.25) is 0 Å². The highest BCUT2D eigenvalue weighted by Crippen LogP contribution is 2.40. The summed E-state index contributed by atoms with van der Waals surface area (Å²) in [7, 11) is 0. The summed E-state index contributed by atoms with van der Waals surface area (Å²) in [5, 5.41) is 0. The third-order valence-electron chi connectivity index (χ3n) is 3.16. The molecule has 0 aromatic rings. The number of hydrogen-bond donors (Lipinski definition) is 1. The Morgan fingerprint density at radius 2 is 1.92 bits per heavy atom. The minimum absolute atomic E-state index is 0. The maximum atomic E-state index is 5.99. The van der Waals surface area contributed by atoms with Gasteiger partial charge < -0.3 is 10.5 Å². The topological polar surface area (TPSA) is 35.2 Å². The first-order chi connectivity index (χ1) is 5.71. The molecule has 2 nitrogen and oxygen atoms in total. The molecule has 1 aliphatic carbocycles. The molecule has 13 heavy (non-hydrogen) atoms. The smallest absolute Gasteiger partial charge is 0.0537 e. The van der Waals surface area contributed by atoms with E-state index in [-0.39, 0.29) is 18.4 Å². The summed E-state index contributed by atoms with van der Waals surface area (Å²) in [6.45, 7) is 5.84. The molecule has 1 atom stereocenters. The van der Waals surface area contributed by atoms with E-state index in [2.05, 4.69) is 6.92 Å². The monoisotopic (exact) mass is 207 g/mol. The van der Waals surface area contributed by atoms with Crippen LogP contribution in [0.4, 0.5) is 0 Å². The van der Waals surface area contributed by atoms with Gasteiger partial charge in [-0.25, -0.2) is 0 Å². The third kappa shape index (κ3) is 3.12. The van der Waals surface area contributed by atoms with Crippen molar-refractivity contribution in [3.63, 3.8) is 0 Å². The largest absolute Gasteiger partial charge is 0.381 e. The van der Waals surface area contributed by atoms with Crippen molar-refractivity contribution in [2.24, 2.45) is 11.1 Å². The van der Waals surface area contributed by atoms with E-state index in [4.69, 9.17) is 10.5 Å². The van der Waals surface area contributed by atoms with Crippen LogP contribution in [0, 0.1) is 5.41 Å². The lowest BCUT2D eigenvalue weighted by atomic mass is 9.80. The van der Waals surface area contributed by atoms with Crippen molar-refractivity contribution < 1.29 is 4.74 Å². The SMILES string of the molecule is CCOCC1(C(C)N)CCCC1.Cl. The molecule has 0 spiro atoms. The normalized spacial score (nSPS) is 22.4. The minimum atomic E-state index is 0. The maximum Gasteiger partial charge on any atom is 0.0537 e. The fraction of sp³-hybridized carbons (Fsp3) is 1.00. The van der Waals surface area contributed by atoms with Crippen molar-refractivity contribution in [3.05, 3.63) is 0 Å². The third-order valence-corrected chi connectivity index (χ3v) is 3.16. The van der Waals surface area contributed by atoms with Crippen LogP contribution in [0.1, 0.15) is 39.5 Å². The average Bonchev–Trinajstić information content (AvgIpc) is 2.50. The molecule has 2 N–H and O–H groups in total. The zero-order valence-electron chi connectivity index (χ0n) is 8.71. The summed E-state index contributed by atoms with van der Waals surface area (Å²) in [4.78, 5) is 0. The summed E-state index contributed by atoms with van der Waals surface area (Å²) in [6.07, 6.45) is 5.17. The predicted octanol–water partition coefficient (Wildman–Crippen LogP) is 2.35. The molecule has 1 aliphatic rings. The van der Waals surface area contributed by atoms with E-state index in [1.165, 1.54) is 25.7 Å². The van der Waals surface area contributed by atoms with Crippen LogP contribution in [0.15, 0.2) is 0 Å². The highest BCUT2D eigenvalue weighted by molar-refractivity contribution is 5.85. The van der Waals surface area contributed by atoms with Crippen LogP contribution in [0.2, 0.25) is 0 Å². The maximum absolute atomic E-state index is 5.99. The van der Waals surface area contributed by atoms with E-state index in [9.17, 15) is 0 Å². The molecule has 0 aromatic heterocycles. The lowest BCUT2D eigenvalue weighted by Gasteiger charge is -2.32. The Hall–Kier alpha value is 0.210. The van der Waals surface area contributed by atoms with Crippen molar-refractivity contribution in [3.8, 4) is 0 Å². The molecule has 1 rings (SSSR count). The van der Waals surface area contributed by atoms with E-state index in [0.717, 1.165) is 13.2 Å². The van der Waals surface area contributed by atoms with E-state index in [0.29, 0.717) is 5.41 Å². The van der Waals surface area contributed by atoms with Gasteiger partial charge in [0.25, 0.3) is 0 Å². The van der Waals surface area contributed by atoms with Crippen LogP contribution < -0.4 is 5.73 Å². The summed E-state index contributed by atoms with van der Waals surface area (Å²) < 4.78 is 5.50. The van der Waals surface area contributed by atoms with Crippen LogP contribution in [-0.4, -0.2) is 19.3 Å². The van der Waals surface area contributed by atoms with Crippen molar-refractivity contribution in [1.82, 2.24) is 0 Å². The number of rotatable bonds is 4. The second kappa shape index (κ2) is 5.84. The van der Waals surface area contributed by atoms with Gasteiger partial charge in [0.05, 0.1) is 6.61 Å². The molecule has 1 fully saturated rings. The fourth-order valence-electron chi connectivity index (χ4n) is 2.12. The molecule has 1 saturated carbocycles. The first-order valence-corrected chi connectivity index (χ1v) is 5.04. The fourth-order valence-corrected chi connectivity index (χ4v) is 2.12. The standard InChI is InChI=1S/C10H21NO.ClH/c1-3-12-8-10(9(2)11)6-4-5-7-10;/h9H,3-8,11H2,1-2H3;1H. The summed E-state index contributed by atoms with van der Waals surface area (Å²) in [6, 6.07) is 0.284. The van der Waals surface area contributed by atoms with Gasteiger partial charge in [0.2, 0.25) is 0 Å². The predicted molar refractivity (Wildman–Crippen MR) is 58.3 cm³/mol. The zero-order chi connectivity index (χ0) is 9.03. The number of halogens is 1. The Kier molecular flexibility index (Phi) is 5.93.